The van der Waals surface area contributed by atoms with Crippen molar-refractivity contribution in [2.24, 2.45) is 5.73 Å². The quantitative estimate of drug-likeness (QED) is 0.818. The van der Waals surface area contributed by atoms with Gasteiger partial charge >= 0.3 is 0 Å². The molecule has 1 aromatic rings. The monoisotopic (exact) mass is 266 g/mol. The highest BCUT2D eigenvalue weighted by Crippen LogP contribution is 2.32. The number of hydrogen-bond acceptors (Lipinski definition) is 2. The van der Waals surface area contributed by atoms with Gasteiger partial charge < -0.3 is 5.73 Å². The van der Waals surface area contributed by atoms with E-state index in [-0.39, 0.29) is 11.9 Å². The van der Waals surface area contributed by atoms with Gasteiger partial charge in [0, 0.05) is 11.6 Å². The zero-order valence-electron chi connectivity index (χ0n) is 12.6. The fourth-order valence-electron chi connectivity index (χ4n) is 2.92. The van der Waals surface area contributed by atoms with E-state index in [0.29, 0.717) is 5.56 Å². The lowest BCUT2D eigenvalue weighted by molar-refractivity contribution is 0.133. The van der Waals surface area contributed by atoms with Crippen LogP contribution in [0.25, 0.3) is 0 Å². The molecule has 19 heavy (non-hydrogen) atoms. The summed E-state index contributed by atoms with van der Waals surface area (Å²) < 4.78 is 14.1. The number of benzene rings is 1. The normalized spacial score (nSPS) is 16.4. The molecule has 3 heteroatoms. The maximum atomic E-state index is 14.1. The Morgan fingerprint density at radius 2 is 1.79 bits per heavy atom. The zero-order chi connectivity index (χ0) is 14.5. The Morgan fingerprint density at radius 1 is 1.21 bits per heavy atom. The van der Waals surface area contributed by atoms with Gasteiger partial charge in [0.2, 0.25) is 0 Å². The Bertz CT molecular complexity index is 390. The van der Waals surface area contributed by atoms with Crippen molar-refractivity contribution in [1.82, 2.24) is 4.90 Å². The summed E-state index contributed by atoms with van der Waals surface area (Å²) in [4.78, 5) is 2.29. The zero-order valence-corrected chi connectivity index (χ0v) is 12.6. The van der Waals surface area contributed by atoms with Crippen LogP contribution in [0, 0.1) is 5.82 Å². The van der Waals surface area contributed by atoms with Crippen molar-refractivity contribution in [1.29, 1.82) is 0 Å². The maximum Gasteiger partial charge on any atom is 0.128 e. The smallest absolute Gasteiger partial charge is 0.128 e. The molecule has 0 spiro atoms. The minimum absolute atomic E-state index is 0.111. The van der Waals surface area contributed by atoms with E-state index in [2.05, 4.69) is 32.6 Å². The van der Waals surface area contributed by atoms with Crippen molar-refractivity contribution in [3.8, 4) is 0 Å². The van der Waals surface area contributed by atoms with Crippen LogP contribution in [0.1, 0.15) is 46.1 Å². The van der Waals surface area contributed by atoms with Gasteiger partial charge in [0.05, 0.1) is 5.54 Å². The van der Waals surface area contributed by atoms with E-state index in [1.165, 1.54) is 6.07 Å². The van der Waals surface area contributed by atoms with E-state index < -0.39 is 5.54 Å². The number of rotatable bonds is 7. The van der Waals surface area contributed by atoms with Gasteiger partial charge in [-0.2, -0.15) is 0 Å². The van der Waals surface area contributed by atoms with E-state index in [1.807, 2.05) is 12.1 Å². The average molecular weight is 266 g/mol. The molecule has 2 unspecified atom stereocenters. The predicted octanol–water partition coefficient (Wildman–Crippen LogP) is 3.51. The Balaban J connectivity index is 3.20. The standard InChI is InChI=1S/C16H27FN2/c1-5-12-16(18,13(4)19(6-2)7-3)14-10-8-9-11-15(14)17/h8-11,13H,5-7,12,18H2,1-4H3. The number of nitrogens with two attached hydrogens (primary N) is 1. The summed E-state index contributed by atoms with van der Waals surface area (Å²) in [6.07, 6.45) is 1.72. The molecule has 0 aromatic heterocycles. The third-order valence-electron chi connectivity index (χ3n) is 4.14. The van der Waals surface area contributed by atoms with Crippen molar-refractivity contribution in [2.45, 2.75) is 52.1 Å². The van der Waals surface area contributed by atoms with Crippen LogP contribution in [0.5, 0.6) is 0 Å². The van der Waals surface area contributed by atoms with E-state index in [1.54, 1.807) is 6.07 Å². The molecule has 0 aliphatic heterocycles. The van der Waals surface area contributed by atoms with E-state index in [4.69, 9.17) is 5.73 Å². The molecular weight excluding hydrogens is 239 g/mol. The van der Waals surface area contributed by atoms with Crippen LogP contribution in [-0.4, -0.2) is 24.0 Å². The fourth-order valence-corrected chi connectivity index (χ4v) is 2.92. The van der Waals surface area contributed by atoms with Gasteiger partial charge in [-0.3, -0.25) is 4.90 Å². The SMILES string of the molecule is CCCC(N)(c1ccccc1F)C(C)N(CC)CC. The largest absolute Gasteiger partial charge is 0.320 e. The van der Waals surface area contributed by atoms with Crippen LogP contribution in [-0.2, 0) is 5.54 Å². The highest BCUT2D eigenvalue weighted by atomic mass is 19.1. The van der Waals surface area contributed by atoms with E-state index in [0.717, 1.165) is 25.9 Å². The van der Waals surface area contributed by atoms with Crippen LogP contribution >= 0.6 is 0 Å². The Morgan fingerprint density at radius 3 is 2.26 bits per heavy atom. The molecule has 1 rings (SSSR count). The second-order valence-electron chi connectivity index (χ2n) is 5.17. The maximum absolute atomic E-state index is 14.1. The molecule has 0 saturated heterocycles. The van der Waals surface area contributed by atoms with Gasteiger partial charge in [-0.05, 0) is 32.5 Å². The first kappa shape index (κ1) is 16.1. The molecule has 0 aliphatic carbocycles. The molecule has 2 N–H and O–H groups in total. The molecule has 2 atom stereocenters. The molecule has 0 fully saturated rings. The third kappa shape index (κ3) is 3.34. The number of hydrogen-bond donors (Lipinski definition) is 1. The Kier molecular flexibility index (Phi) is 5.95. The van der Waals surface area contributed by atoms with Crippen molar-refractivity contribution in [3.05, 3.63) is 35.6 Å². The van der Waals surface area contributed by atoms with Crippen LogP contribution in [0.4, 0.5) is 4.39 Å². The van der Waals surface area contributed by atoms with Crippen LogP contribution in [0.2, 0.25) is 0 Å². The summed E-state index contributed by atoms with van der Waals surface area (Å²) in [5.41, 5.74) is 6.65. The Labute approximate surface area is 116 Å². The lowest BCUT2D eigenvalue weighted by Gasteiger charge is -2.42. The molecule has 1 aromatic carbocycles. The van der Waals surface area contributed by atoms with Gasteiger partial charge in [-0.25, -0.2) is 4.39 Å². The first-order valence-corrected chi connectivity index (χ1v) is 7.29. The van der Waals surface area contributed by atoms with Gasteiger partial charge in [-0.1, -0.05) is 45.4 Å². The topological polar surface area (TPSA) is 29.3 Å². The second kappa shape index (κ2) is 7.01. The number of likely N-dealkylation sites (N-methyl/N-ethyl adjacent to an activating group) is 1. The minimum Gasteiger partial charge on any atom is -0.320 e. The summed E-state index contributed by atoms with van der Waals surface area (Å²) >= 11 is 0. The highest BCUT2D eigenvalue weighted by molar-refractivity contribution is 5.28. The van der Waals surface area contributed by atoms with Gasteiger partial charge in [-0.15, -0.1) is 0 Å². The van der Waals surface area contributed by atoms with Crippen LogP contribution < -0.4 is 5.73 Å². The lowest BCUT2D eigenvalue weighted by Crippen LogP contribution is -2.55. The molecule has 0 heterocycles. The highest BCUT2D eigenvalue weighted by Gasteiger charge is 2.37. The predicted molar refractivity (Wildman–Crippen MR) is 79.6 cm³/mol. The van der Waals surface area contributed by atoms with Gasteiger partial charge in [0.25, 0.3) is 0 Å². The number of halogens is 1. The molecule has 0 saturated carbocycles. The molecule has 0 amide bonds. The van der Waals surface area contributed by atoms with E-state index >= 15 is 0 Å². The third-order valence-corrected chi connectivity index (χ3v) is 4.14. The average Bonchev–Trinajstić information content (AvgIpc) is 2.40. The van der Waals surface area contributed by atoms with E-state index in [9.17, 15) is 4.39 Å². The number of nitrogens with zero attached hydrogens (tertiary/aromatic N) is 1. The molecule has 0 aliphatic rings. The lowest BCUT2D eigenvalue weighted by atomic mass is 9.79. The van der Waals surface area contributed by atoms with Gasteiger partial charge in [0.15, 0.2) is 0 Å². The van der Waals surface area contributed by atoms with Crippen LogP contribution in [0.15, 0.2) is 24.3 Å². The summed E-state index contributed by atoms with van der Waals surface area (Å²) in [5.74, 6) is -0.197. The summed E-state index contributed by atoms with van der Waals surface area (Å²) in [6, 6.07) is 7.02. The van der Waals surface area contributed by atoms with Crippen molar-refractivity contribution >= 4 is 0 Å². The first-order valence-electron chi connectivity index (χ1n) is 7.29. The first-order chi connectivity index (χ1) is 9.01. The van der Waals surface area contributed by atoms with Crippen molar-refractivity contribution < 1.29 is 4.39 Å². The molecule has 2 nitrogen and oxygen atoms in total. The fraction of sp³-hybridized carbons (Fsp3) is 0.625. The molecular formula is C16H27FN2. The van der Waals surface area contributed by atoms with Gasteiger partial charge in [0.1, 0.15) is 5.82 Å². The summed E-state index contributed by atoms with van der Waals surface area (Å²) in [6.45, 7) is 10.3. The van der Waals surface area contributed by atoms with Crippen molar-refractivity contribution in [3.63, 3.8) is 0 Å². The van der Waals surface area contributed by atoms with Crippen molar-refractivity contribution in [2.75, 3.05) is 13.1 Å². The van der Waals surface area contributed by atoms with Crippen LogP contribution in [0.3, 0.4) is 0 Å². The molecule has 0 radical (unpaired) electrons. The minimum atomic E-state index is -0.633. The summed E-state index contributed by atoms with van der Waals surface area (Å²) in [5, 5.41) is 0. The molecule has 108 valence electrons. The summed E-state index contributed by atoms with van der Waals surface area (Å²) in [7, 11) is 0. The Hall–Kier alpha value is -0.930. The second-order valence-corrected chi connectivity index (χ2v) is 5.17. The molecule has 0 bridgehead atoms.